The summed E-state index contributed by atoms with van der Waals surface area (Å²) in [4.78, 5) is 20.5. The first kappa shape index (κ1) is 32.4. The first-order valence-electron chi connectivity index (χ1n) is 16.0. The molecule has 0 aliphatic heterocycles. The van der Waals surface area contributed by atoms with Gasteiger partial charge in [-0.2, -0.15) is 0 Å². The van der Waals surface area contributed by atoms with Crippen molar-refractivity contribution in [3.05, 3.63) is 113 Å². The van der Waals surface area contributed by atoms with E-state index in [0.29, 0.717) is 59.8 Å². The third-order valence-corrected chi connectivity index (χ3v) is 8.36. The van der Waals surface area contributed by atoms with Crippen molar-refractivity contribution in [1.82, 2.24) is 40.0 Å². The zero-order valence-corrected chi connectivity index (χ0v) is 27.2. The molecule has 0 amide bonds. The van der Waals surface area contributed by atoms with Crippen molar-refractivity contribution in [1.29, 1.82) is 0 Å². The number of hydrogen-bond acceptors (Lipinski definition) is 6. The van der Waals surface area contributed by atoms with E-state index < -0.39 is 13.3 Å². The number of aromatic amines is 2. The molecule has 13 heteroatoms. The minimum Gasteiger partial charge on any atom is -0.503 e. The smallest absolute Gasteiger partial charge is 0.503 e. The van der Waals surface area contributed by atoms with Gasteiger partial charge in [-0.15, -0.1) is 10.2 Å². The summed E-state index contributed by atoms with van der Waals surface area (Å²) in [6.45, 7) is 7.86. The Bertz CT molecular complexity index is 2060. The van der Waals surface area contributed by atoms with E-state index in [1.165, 1.54) is 0 Å². The van der Waals surface area contributed by atoms with Crippen LogP contribution in [0.1, 0.15) is 66.1 Å². The molecule has 6 aromatic rings. The van der Waals surface area contributed by atoms with Gasteiger partial charge < -0.3 is 14.6 Å². The quantitative estimate of drug-likeness (QED) is 0.0590. The van der Waals surface area contributed by atoms with Crippen LogP contribution in [0.2, 0.25) is 0 Å². The summed E-state index contributed by atoms with van der Waals surface area (Å²) >= 11 is 0. The van der Waals surface area contributed by atoms with Gasteiger partial charge in [-0.25, -0.2) is 18.0 Å². The third kappa shape index (κ3) is 6.23. The standard InChI is InChI=1S/C35H35BF2N8O2/c1-5-24-26(7-3)34(39-32(24)28-20-45(43-41-28)22-15-11-9-12-16-22)30(47)19-31(48-36(37)38)35-27(8-4)25(6-2)33(40-35)29-21-46(44-42-29)23-17-13-10-14-18-23/h9-21,39-40H,5-8H2,1-4H3/b31-19-. The number of aromatic nitrogens is 8. The molecule has 2 aromatic carbocycles. The molecule has 0 bridgehead atoms. The van der Waals surface area contributed by atoms with E-state index in [9.17, 15) is 13.4 Å². The summed E-state index contributed by atoms with van der Waals surface area (Å²) in [5.41, 5.74) is 8.01. The number of nitrogens with zero attached hydrogens (tertiary/aromatic N) is 6. The molecule has 4 heterocycles. The first-order valence-corrected chi connectivity index (χ1v) is 16.0. The fourth-order valence-electron chi connectivity index (χ4n) is 6.20. The molecule has 0 fully saturated rings. The van der Waals surface area contributed by atoms with Crippen molar-refractivity contribution in [3.8, 4) is 34.2 Å². The predicted octanol–water partition coefficient (Wildman–Crippen LogP) is 7.25. The summed E-state index contributed by atoms with van der Waals surface area (Å²) < 4.78 is 36.3. The number of carbonyl (C=O) groups is 1. The molecular weight excluding hydrogens is 613 g/mol. The molecule has 4 aromatic heterocycles. The maximum atomic E-state index is 14.0. The number of rotatable bonds is 13. The molecule has 0 aliphatic carbocycles. The van der Waals surface area contributed by atoms with Crippen LogP contribution in [-0.2, 0) is 30.3 Å². The van der Waals surface area contributed by atoms with E-state index in [1.54, 1.807) is 21.8 Å². The van der Waals surface area contributed by atoms with Crippen molar-refractivity contribution in [3.63, 3.8) is 0 Å². The van der Waals surface area contributed by atoms with Crippen LogP contribution in [0.15, 0.2) is 79.1 Å². The van der Waals surface area contributed by atoms with Crippen molar-refractivity contribution in [2.24, 2.45) is 0 Å². The summed E-state index contributed by atoms with van der Waals surface area (Å²) in [7, 11) is -3.16. The summed E-state index contributed by atoms with van der Waals surface area (Å²) in [6.07, 6.45) is 6.96. The van der Waals surface area contributed by atoms with Gasteiger partial charge >= 0.3 is 7.47 Å². The lowest BCUT2D eigenvalue weighted by atomic mass is 9.99. The van der Waals surface area contributed by atoms with Gasteiger partial charge in [0, 0.05) is 6.08 Å². The Balaban J connectivity index is 1.41. The molecule has 2 N–H and O–H groups in total. The fraction of sp³-hybridized carbons (Fsp3) is 0.229. The Morgan fingerprint density at radius 2 is 1.15 bits per heavy atom. The number of nitrogens with one attached hydrogen (secondary N) is 2. The molecule has 48 heavy (non-hydrogen) atoms. The van der Waals surface area contributed by atoms with E-state index in [4.69, 9.17) is 4.65 Å². The number of benzene rings is 2. The fourth-order valence-corrected chi connectivity index (χ4v) is 6.20. The highest BCUT2D eigenvalue weighted by Crippen LogP contribution is 2.34. The Labute approximate surface area is 277 Å². The molecular formula is C35H35BF2N8O2. The monoisotopic (exact) mass is 648 g/mol. The second kappa shape index (κ2) is 14.0. The van der Waals surface area contributed by atoms with Crippen molar-refractivity contribution in [2.45, 2.75) is 53.4 Å². The lowest BCUT2D eigenvalue weighted by Gasteiger charge is -2.10. The lowest BCUT2D eigenvalue weighted by molar-refractivity contribution is 0.104. The number of para-hydroxylation sites is 2. The number of halogens is 2. The molecule has 0 saturated heterocycles. The van der Waals surface area contributed by atoms with Crippen LogP contribution in [0, 0.1) is 0 Å². The predicted molar refractivity (Wildman–Crippen MR) is 181 cm³/mol. The Morgan fingerprint density at radius 3 is 1.58 bits per heavy atom. The Hall–Kier alpha value is -5.59. The number of hydrogen-bond donors (Lipinski definition) is 2. The number of ketones is 1. The van der Waals surface area contributed by atoms with E-state index in [2.05, 4.69) is 30.6 Å². The summed E-state index contributed by atoms with van der Waals surface area (Å²) in [6, 6.07) is 19.1. The average Bonchev–Trinajstić information content (AvgIpc) is 3.92. The van der Waals surface area contributed by atoms with Gasteiger partial charge in [0.05, 0.1) is 46.5 Å². The number of carbonyl (C=O) groups excluding carboxylic acids is 1. The highest BCUT2D eigenvalue weighted by molar-refractivity contribution is 6.36. The first-order chi connectivity index (χ1) is 23.4. The average molecular weight is 649 g/mol. The number of H-pyrrole nitrogens is 2. The van der Waals surface area contributed by atoms with Crippen LogP contribution in [0.25, 0.3) is 39.9 Å². The van der Waals surface area contributed by atoms with Crippen LogP contribution in [0.5, 0.6) is 0 Å². The number of allylic oxidation sites excluding steroid dienone is 1. The Kier molecular flexibility index (Phi) is 9.46. The van der Waals surface area contributed by atoms with E-state index in [-0.39, 0.29) is 5.76 Å². The van der Waals surface area contributed by atoms with Crippen LogP contribution in [-0.4, -0.2) is 53.2 Å². The molecule has 0 atom stereocenters. The SMILES string of the molecule is CCc1c(C(=O)/C=C(\OB(F)F)c2[nH]c(-c3cn(-c4ccccc4)nn3)c(CC)c2CC)[nH]c(-c2cn(-c3ccccc3)nn2)c1CC. The highest BCUT2D eigenvalue weighted by atomic mass is 19.2. The highest BCUT2D eigenvalue weighted by Gasteiger charge is 2.29. The van der Waals surface area contributed by atoms with Crippen LogP contribution >= 0.6 is 0 Å². The van der Waals surface area contributed by atoms with Crippen LogP contribution in [0.4, 0.5) is 8.63 Å². The van der Waals surface area contributed by atoms with Gasteiger partial charge in [-0.05, 0) is 72.2 Å². The summed E-state index contributed by atoms with van der Waals surface area (Å²) in [5.74, 6) is -0.750. The maximum absolute atomic E-state index is 14.0. The second-order valence-corrected chi connectivity index (χ2v) is 11.1. The molecule has 10 nitrogen and oxygen atoms in total. The van der Waals surface area contributed by atoms with Crippen molar-refractivity contribution >= 4 is 19.0 Å². The van der Waals surface area contributed by atoms with Crippen molar-refractivity contribution < 1.29 is 18.1 Å². The molecule has 244 valence electrons. The zero-order chi connectivity index (χ0) is 33.8. The normalized spacial score (nSPS) is 11.7. The lowest BCUT2D eigenvalue weighted by Crippen LogP contribution is -2.09. The van der Waals surface area contributed by atoms with Gasteiger partial charge in [0.1, 0.15) is 17.1 Å². The molecule has 0 radical (unpaired) electrons. The van der Waals surface area contributed by atoms with Gasteiger partial charge in [0.2, 0.25) is 5.78 Å². The van der Waals surface area contributed by atoms with E-state index in [0.717, 1.165) is 39.7 Å². The largest absolute Gasteiger partial charge is 0.796 e. The third-order valence-electron chi connectivity index (χ3n) is 8.36. The minimum absolute atomic E-state index is 0.255. The van der Waals surface area contributed by atoms with E-state index in [1.807, 2.05) is 88.4 Å². The topological polar surface area (TPSA) is 119 Å². The van der Waals surface area contributed by atoms with Gasteiger partial charge in [0.15, 0.2) is 0 Å². The van der Waals surface area contributed by atoms with Gasteiger partial charge in [-0.1, -0.05) is 74.5 Å². The molecule has 0 unspecified atom stereocenters. The molecule has 0 saturated carbocycles. The maximum Gasteiger partial charge on any atom is 0.796 e. The van der Waals surface area contributed by atoms with Gasteiger partial charge in [-0.3, -0.25) is 4.79 Å². The van der Waals surface area contributed by atoms with Crippen LogP contribution in [0.3, 0.4) is 0 Å². The molecule has 0 spiro atoms. The minimum atomic E-state index is -3.16. The molecule has 6 rings (SSSR count). The zero-order valence-electron chi connectivity index (χ0n) is 27.2. The Morgan fingerprint density at radius 1 is 0.708 bits per heavy atom. The second-order valence-electron chi connectivity index (χ2n) is 11.1. The van der Waals surface area contributed by atoms with Gasteiger partial charge in [0.25, 0.3) is 0 Å². The van der Waals surface area contributed by atoms with E-state index >= 15 is 0 Å². The van der Waals surface area contributed by atoms with Crippen molar-refractivity contribution in [2.75, 3.05) is 0 Å². The molecule has 0 aliphatic rings. The summed E-state index contributed by atoms with van der Waals surface area (Å²) in [5, 5.41) is 17.3. The van der Waals surface area contributed by atoms with Crippen LogP contribution < -0.4 is 0 Å².